The minimum Gasteiger partial charge on any atom is -0.468 e. The highest BCUT2D eigenvalue weighted by atomic mass is 16.5. The summed E-state index contributed by atoms with van der Waals surface area (Å²) in [6, 6.07) is 4.01. The zero-order valence-electron chi connectivity index (χ0n) is 17.0. The van der Waals surface area contributed by atoms with Crippen molar-refractivity contribution in [1.29, 1.82) is 0 Å². The van der Waals surface area contributed by atoms with E-state index in [2.05, 4.69) is 33.4 Å². The minimum atomic E-state index is -0.147. The smallest absolute Gasteiger partial charge is 0.258 e. The van der Waals surface area contributed by atoms with Crippen LogP contribution in [0.4, 0.5) is 0 Å². The first-order valence-corrected chi connectivity index (χ1v) is 10.2. The van der Waals surface area contributed by atoms with Gasteiger partial charge in [-0.3, -0.25) is 14.5 Å². The summed E-state index contributed by atoms with van der Waals surface area (Å²) in [5.74, 6) is 0.871. The maximum absolute atomic E-state index is 12.5. The largest absolute Gasteiger partial charge is 0.468 e. The molecule has 3 aromatic rings. The number of pyridine rings is 2. The second-order valence-electron chi connectivity index (χ2n) is 8.23. The number of carbonyl (C=O) groups excluding carboxylic acids is 1. The van der Waals surface area contributed by atoms with Crippen molar-refractivity contribution >= 4 is 16.9 Å². The molecule has 0 bridgehead atoms. The third kappa shape index (κ3) is 3.34. The standard InChI is InChI=1S/C22H25N5O2/c1-12-8-19(25-22-20(12)21(14-4-5-14)26-27(22)3)29-11-18(28)24-17-7-6-15-9-13(2)23-10-16(15)17/h8-10,14,17H,4-7,11H2,1-3H3,(H,24,28)/t17-/m0/s1. The van der Waals surface area contributed by atoms with Crippen LogP contribution >= 0.6 is 0 Å². The van der Waals surface area contributed by atoms with E-state index in [9.17, 15) is 4.79 Å². The van der Waals surface area contributed by atoms with E-state index in [1.54, 1.807) is 0 Å². The predicted octanol–water partition coefficient (Wildman–Crippen LogP) is 3.04. The molecule has 0 saturated heterocycles. The number of rotatable bonds is 5. The summed E-state index contributed by atoms with van der Waals surface area (Å²) in [5.41, 5.74) is 6.44. The van der Waals surface area contributed by atoms with E-state index in [1.807, 2.05) is 30.9 Å². The van der Waals surface area contributed by atoms with Gasteiger partial charge in [0.1, 0.15) is 0 Å². The Bertz CT molecular complexity index is 1120. The Balaban J connectivity index is 1.28. The van der Waals surface area contributed by atoms with Crippen LogP contribution in [-0.2, 0) is 18.3 Å². The summed E-state index contributed by atoms with van der Waals surface area (Å²) < 4.78 is 7.55. The molecular formula is C22H25N5O2. The molecule has 1 saturated carbocycles. The summed E-state index contributed by atoms with van der Waals surface area (Å²) in [5, 5.41) is 8.85. The van der Waals surface area contributed by atoms with Crippen molar-refractivity contribution in [2.24, 2.45) is 7.05 Å². The van der Waals surface area contributed by atoms with Gasteiger partial charge < -0.3 is 10.1 Å². The molecule has 3 aromatic heterocycles. The van der Waals surface area contributed by atoms with Gasteiger partial charge in [-0.15, -0.1) is 0 Å². The highest BCUT2D eigenvalue weighted by Gasteiger charge is 2.30. The number of nitrogens with one attached hydrogen (secondary N) is 1. The van der Waals surface area contributed by atoms with E-state index in [1.165, 1.54) is 18.4 Å². The quantitative estimate of drug-likeness (QED) is 0.723. The van der Waals surface area contributed by atoms with Crippen LogP contribution in [0.5, 0.6) is 5.88 Å². The van der Waals surface area contributed by atoms with Crippen LogP contribution in [0.15, 0.2) is 18.3 Å². The second-order valence-corrected chi connectivity index (χ2v) is 8.23. The van der Waals surface area contributed by atoms with Crippen LogP contribution in [-0.4, -0.2) is 32.3 Å². The molecule has 7 nitrogen and oxygen atoms in total. The lowest BCUT2D eigenvalue weighted by atomic mass is 10.1. The molecule has 3 heterocycles. The van der Waals surface area contributed by atoms with Gasteiger partial charge in [0, 0.05) is 36.3 Å². The van der Waals surface area contributed by atoms with Gasteiger partial charge in [0.25, 0.3) is 5.91 Å². The first-order chi connectivity index (χ1) is 14.0. The second kappa shape index (κ2) is 6.83. The number of ether oxygens (including phenoxy) is 1. The summed E-state index contributed by atoms with van der Waals surface area (Å²) in [6.07, 6.45) is 6.13. The van der Waals surface area contributed by atoms with Crippen molar-refractivity contribution in [1.82, 2.24) is 25.1 Å². The number of hydrogen-bond acceptors (Lipinski definition) is 5. The molecule has 0 aliphatic heterocycles. The zero-order chi connectivity index (χ0) is 20.1. The van der Waals surface area contributed by atoms with Gasteiger partial charge in [-0.25, -0.2) is 0 Å². The van der Waals surface area contributed by atoms with Gasteiger partial charge in [0.15, 0.2) is 12.3 Å². The first kappa shape index (κ1) is 18.1. The fourth-order valence-electron chi connectivity index (χ4n) is 4.29. The molecule has 7 heteroatoms. The van der Waals surface area contributed by atoms with Crippen LogP contribution in [0, 0.1) is 13.8 Å². The third-order valence-corrected chi connectivity index (χ3v) is 5.88. The summed E-state index contributed by atoms with van der Waals surface area (Å²) in [6.45, 7) is 3.98. The van der Waals surface area contributed by atoms with Gasteiger partial charge in [0.2, 0.25) is 5.88 Å². The first-order valence-electron chi connectivity index (χ1n) is 10.2. The Morgan fingerprint density at radius 2 is 2.10 bits per heavy atom. The monoisotopic (exact) mass is 391 g/mol. The number of carbonyl (C=O) groups is 1. The average molecular weight is 391 g/mol. The molecule has 0 spiro atoms. The molecule has 5 rings (SSSR count). The van der Waals surface area contributed by atoms with E-state index in [0.717, 1.165) is 46.4 Å². The topological polar surface area (TPSA) is 81.9 Å². The van der Waals surface area contributed by atoms with Crippen molar-refractivity contribution in [3.05, 3.63) is 46.4 Å². The molecule has 1 atom stereocenters. The van der Waals surface area contributed by atoms with Crippen LogP contribution < -0.4 is 10.1 Å². The molecule has 0 radical (unpaired) electrons. The summed E-state index contributed by atoms with van der Waals surface area (Å²) in [4.78, 5) is 21.4. The molecule has 29 heavy (non-hydrogen) atoms. The molecule has 0 aromatic carbocycles. The normalized spacial score (nSPS) is 18.1. The highest BCUT2D eigenvalue weighted by Crippen LogP contribution is 2.43. The van der Waals surface area contributed by atoms with E-state index in [0.29, 0.717) is 11.8 Å². The lowest BCUT2D eigenvalue weighted by Crippen LogP contribution is -2.31. The Labute approximate surface area is 169 Å². The van der Waals surface area contributed by atoms with E-state index < -0.39 is 0 Å². The van der Waals surface area contributed by atoms with Gasteiger partial charge in [-0.05, 0) is 62.3 Å². The maximum atomic E-state index is 12.5. The molecule has 2 aliphatic carbocycles. The average Bonchev–Trinajstić information content (AvgIpc) is 3.39. The number of fused-ring (bicyclic) bond motifs is 2. The minimum absolute atomic E-state index is 0.00421. The van der Waals surface area contributed by atoms with Crippen molar-refractivity contribution < 1.29 is 9.53 Å². The van der Waals surface area contributed by atoms with Gasteiger partial charge in [-0.2, -0.15) is 10.1 Å². The van der Waals surface area contributed by atoms with Crippen molar-refractivity contribution in [3.8, 4) is 5.88 Å². The molecule has 1 N–H and O–H groups in total. The molecular weight excluding hydrogens is 366 g/mol. The van der Waals surface area contributed by atoms with E-state index >= 15 is 0 Å². The Kier molecular flexibility index (Phi) is 4.26. The number of aryl methyl sites for hydroxylation is 4. The van der Waals surface area contributed by atoms with E-state index in [-0.39, 0.29) is 18.6 Å². The number of hydrogen-bond donors (Lipinski definition) is 1. The summed E-state index contributed by atoms with van der Waals surface area (Å²) >= 11 is 0. The van der Waals surface area contributed by atoms with Gasteiger partial charge in [0.05, 0.1) is 11.7 Å². The summed E-state index contributed by atoms with van der Waals surface area (Å²) in [7, 11) is 1.91. The lowest BCUT2D eigenvalue weighted by molar-refractivity contribution is -0.123. The predicted molar refractivity (Wildman–Crippen MR) is 109 cm³/mol. The Morgan fingerprint density at radius 1 is 1.28 bits per heavy atom. The number of aromatic nitrogens is 4. The van der Waals surface area contributed by atoms with Crippen LogP contribution in [0.3, 0.4) is 0 Å². The highest BCUT2D eigenvalue weighted by molar-refractivity contribution is 5.84. The number of nitrogens with zero attached hydrogens (tertiary/aromatic N) is 4. The molecule has 150 valence electrons. The van der Waals surface area contributed by atoms with Crippen molar-refractivity contribution in [2.45, 2.75) is 51.5 Å². The van der Waals surface area contributed by atoms with Crippen LogP contribution in [0.25, 0.3) is 11.0 Å². The molecule has 2 aliphatic rings. The zero-order valence-corrected chi connectivity index (χ0v) is 17.0. The Hall–Kier alpha value is -2.96. The van der Waals surface area contributed by atoms with Gasteiger partial charge in [-0.1, -0.05) is 0 Å². The maximum Gasteiger partial charge on any atom is 0.258 e. The lowest BCUT2D eigenvalue weighted by Gasteiger charge is -2.14. The fraction of sp³-hybridized carbons (Fsp3) is 0.455. The van der Waals surface area contributed by atoms with E-state index in [4.69, 9.17) is 4.74 Å². The van der Waals surface area contributed by atoms with Crippen molar-refractivity contribution in [3.63, 3.8) is 0 Å². The number of amides is 1. The van der Waals surface area contributed by atoms with Crippen LogP contribution in [0.1, 0.15) is 59.3 Å². The fourth-order valence-corrected chi connectivity index (χ4v) is 4.29. The SMILES string of the molecule is Cc1cc2c(cn1)[C@@H](NC(=O)COc1cc(C)c3c(C4CC4)nn(C)c3n1)CC2. The molecule has 0 unspecified atom stereocenters. The third-order valence-electron chi connectivity index (χ3n) is 5.88. The molecule has 1 fully saturated rings. The Morgan fingerprint density at radius 3 is 2.90 bits per heavy atom. The van der Waals surface area contributed by atoms with Crippen LogP contribution in [0.2, 0.25) is 0 Å². The van der Waals surface area contributed by atoms with Crippen molar-refractivity contribution in [2.75, 3.05) is 6.61 Å². The molecule has 1 amide bonds. The van der Waals surface area contributed by atoms with Gasteiger partial charge >= 0.3 is 0 Å².